The first-order chi connectivity index (χ1) is 13.2. The Morgan fingerprint density at radius 1 is 1.15 bits per heavy atom. The van der Waals surface area contributed by atoms with E-state index in [4.69, 9.17) is 4.74 Å². The zero-order valence-corrected chi connectivity index (χ0v) is 15.1. The summed E-state index contributed by atoms with van der Waals surface area (Å²) in [4.78, 5) is 20.6. The van der Waals surface area contributed by atoms with Gasteiger partial charge in [-0.2, -0.15) is 5.10 Å². The van der Waals surface area contributed by atoms with Crippen molar-refractivity contribution in [1.29, 1.82) is 0 Å². The number of nitrogens with zero attached hydrogens (tertiary/aromatic N) is 2. The lowest BCUT2D eigenvalue weighted by Crippen LogP contribution is -2.26. The molecule has 0 spiro atoms. The molecule has 2 aromatic heterocycles. The van der Waals surface area contributed by atoms with Crippen molar-refractivity contribution in [2.24, 2.45) is 0 Å². The lowest BCUT2D eigenvalue weighted by atomic mass is 9.93. The highest BCUT2D eigenvalue weighted by Crippen LogP contribution is 2.33. The Hall–Kier alpha value is -3.09. The number of imidazole rings is 1. The van der Waals surface area contributed by atoms with Crippen molar-refractivity contribution in [3.05, 3.63) is 52.5 Å². The van der Waals surface area contributed by atoms with Crippen molar-refractivity contribution in [3.63, 3.8) is 0 Å². The Bertz CT molecular complexity index is 1020. The van der Waals surface area contributed by atoms with E-state index in [1.165, 1.54) is 11.3 Å². The molecule has 0 saturated heterocycles. The van der Waals surface area contributed by atoms with Gasteiger partial charge in [-0.1, -0.05) is 18.2 Å². The molecule has 0 bridgehead atoms. The number of fused-ring (bicyclic) bond motifs is 2. The molecule has 0 radical (unpaired) electrons. The van der Waals surface area contributed by atoms with Crippen molar-refractivity contribution < 1.29 is 9.53 Å². The molecular formula is C20H21N5O2. The summed E-state index contributed by atoms with van der Waals surface area (Å²) in [6.07, 6.45) is 3.85. The smallest absolute Gasteiger partial charge is 0.271 e. The van der Waals surface area contributed by atoms with Crippen molar-refractivity contribution in [2.45, 2.75) is 31.6 Å². The first-order valence-electron chi connectivity index (χ1n) is 9.31. The van der Waals surface area contributed by atoms with Gasteiger partial charge >= 0.3 is 0 Å². The first kappa shape index (κ1) is 16.1. The molecule has 1 unspecified atom stereocenters. The van der Waals surface area contributed by atoms with Crippen LogP contribution >= 0.6 is 0 Å². The average molecular weight is 363 g/mol. The Balaban J connectivity index is 1.53. The van der Waals surface area contributed by atoms with Gasteiger partial charge in [0.1, 0.15) is 17.1 Å². The van der Waals surface area contributed by atoms with Gasteiger partial charge in [0.15, 0.2) is 5.82 Å². The molecule has 3 heterocycles. The molecule has 1 aliphatic carbocycles. The van der Waals surface area contributed by atoms with Gasteiger partial charge in [0, 0.05) is 29.4 Å². The molecule has 0 saturated carbocycles. The second-order valence-electron chi connectivity index (χ2n) is 7.15. The summed E-state index contributed by atoms with van der Waals surface area (Å²) in [5.41, 5.74) is 5.67. The van der Waals surface area contributed by atoms with Crippen LogP contribution < -0.4 is 10.1 Å². The maximum absolute atomic E-state index is 12.6. The van der Waals surface area contributed by atoms with E-state index in [-0.39, 0.29) is 11.8 Å². The van der Waals surface area contributed by atoms with Gasteiger partial charge < -0.3 is 15.0 Å². The van der Waals surface area contributed by atoms with Gasteiger partial charge in [-0.15, -0.1) is 0 Å². The van der Waals surface area contributed by atoms with Crippen LogP contribution in [0.5, 0.6) is 5.75 Å². The monoisotopic (exact) mass is 363 g/mol. The average Bonchev–Trinajstić information content (AvgIpc) is 3.38. The third kappa shape index (κ3) is 2.61. The molecule has 1 amide bonds. The molecule has 3 N–H and O–H groups in total. The molecule has 7 nitrogen and oxygen atoms in total. The number of aromatic amines is 2. The van der Waals surface area contributed by atoms with Crippen molar-refractivity contribution >= 4 is 5.91 Å². The molecule has 1 aliphatic heterocycles. The number of aryl methyl sites for hydroxylation is 1. The van der Waals surface area contributed by atoms with Gasteiger partial charge in [0.25, 0.3) is 5.91 Å². The molecule has 1 atom stereocenters. The number of aromatic nitrogens is 4. The number of H-pyrrole nitrogens is 2. The number of hydrogen-bond donors (Lipinski definition) is 3. The van der Waals surface area contributed by atoms with Gasteiger partial charge in [-0.05, 0) is 37.3 Å². The summed E-state index contributed by atoms with van der Waals surface area (Å²) < 4.78 is 5.52. The molecule has 5 rings (SSSR count). The van der Waals surface area contributed by atoms with Gasteiger partial charge in [-0.25, -0.2) is 4.98 Å². The number of benzene rings is 1. The standard InChI is InChI=1S/C20H21N5O2/c1-27-16-8-3-2-5-12(16)11-9-15-18(20(26)21-10-11)23-19(22-15)17-13-6-4-7-14(13)24-25-17/h2-3,5,8,11H,4,6-7,9-10H2,1H3,(H,21,26)(H,22,23)(H,24,25). The number of amides is 1. The SMILES string of the molecule is COc1ccccc1C1CNC(=O)c2nc(-c3n[nH]c4c3CCC4)[nH]c2C1. The van der Waals surface area contributed by atoms with Crippen LogP contribution in [0.1, 0.15) is 45.3 Å². The van der Waals surface area contributed by atoms with Crippen LogP contribution in [0.15, 0.2) is 24.3 Å². The molecule has 138 valence electrons. The van der Waals surface area contributed by atoms with Crippen LogP contribution in [-0.4, -0.2) is 39.7 Å². The van der Waals surface area contributed by atoms with Gasteiger partial charge in [0.05, 0.1) is 7.11 Å². The largest absolute Gasteiger partial charge is 0.496 e. The normalized spacial score (nSPS) is 18.6. The minimum atomic E-state index is -0.142. The van der Waals surface area contributed by atoms with E-state index in [0.717, 1.165) is 42.0 Å². The highest BCUT2D eigenvalue weighted by molar-refractivity contribution is 5.94. The number of ether oxygens (including phenoxy) is 1. The zero-order chi connectivity index (χ0) is 18.4. The number of nitrogens with one attached hydrogen (secondary N) is 3. The van der Waals surface area contributed by atoms with Crippen LogP contribution in [0, 0.1) is 0 Å². The molecule has 1 aromatic carbocycles. The summed E-state index contributed by atoms with van der Waals surface area (Å²) in [5, 5.41) is 10.6. The van der Waals surface area contributed by atoms with Gasteiger partial charge in [0.2, 0.25) is 0 Å². The zero-order valence-electron chi connectivity index (χ0n) is 15.1. The number of rotatable bonds is 3. The summed E-state index contributed by atoms with van der Waals surface area (Å²) in [6.45, 7) is 0.552. The van der Waals surface area contributed by atoms with Crippen LogP contribution in [0.2, 0.25) is 0 Å². The molecule has 3 aromatic rings. The van der Waals surface area contributed by atoms with E-state index in [2.05, 4.69) is 31.5 Å². The van der Waals surface area contributed by atoms with Crippen LogP contribution in [-0.2, 0) is 19.3 Å². The van der Waals surface area contributed by atoms with E-state index in [1.54, 1.807) is 7.11 Å². The maximum Gasteiger partial charge on any atom is 0.271 e. The van der Waals surface area contributed by atoms with Crippen LogP contribution in [0.3, 0.4) is 0 Å². The van der Waals surface area contributed by atoms with E-state index in [0.29, 0.717) is 24.5 Å². The second-order valence-corrected chi connectivity index (χ2v) is 7.15. The Morgan fingerprint density at radius 2 is 2.04 bits per heavy atom. The van der Waals surface area contributed by atoms with Crippen molar-refractivity contribution in [2.75, 3.05) is 13.7 Å². The Kier molecular flexibility index (Phi) is 3.74. The number of carbonyl (C=O) groups excluding carboxylic acids is 1. The minimum Gasteiger partial charge on any atom is -0.496 e. The molecule has 7 heteroatoms. The van der Waals surface area contributed by atoms with E-state index >= 15 is 0 Å². The van der Waals surface area contributed by atoms with Crippen LogP contribution in [0.25, 0.3) is 11.5 Å². The summed E-state index contributed by atoms with van der Waals surface area (Å²) in [7, 11) is 1.67. The predicted molar refractivity (Wildman–Crippen MR) is 100.0 cm³/mol. The maximum atomic E-state index is 12.6. The number of hydrogen-bond acceptors (Lipinski definition) is 4. The predicted octanol–water partition coefficient (Wildman–Crippen LogP) is 2.37. The van der Waals surface area contributed by atoms with E-state index < -0.39 is 0 Å². The number of para-hydroxylation sites is 1. The summed E-state index contributed by atoms with van der Waals surface area (Å²) >= 11 is 0. The fraction of sp³-hybridized carbons (Fsp3) is 0.350. The van der Waals surface area contributed by atoms with Gasteiger partial charge in [-0.3, -0.25) is 9.89 Å². The fourth-order valence-electron chi connectivity index (χ4n) is 4.21. The lowest BCUT2D eigenvalue weighted by Gasteiger charge is -2.17. The quantitative estimate of drug-likeness (QED) is 0.666. The Labute approximate surface area is 156 Å². The molecular weight excluding hydrogens is 342 g/mol. The third-order valence-corrected chi connectivity index (χ3v) is 5.56. The summed E-state index contributed by atoms with van der Waals surface area (Å²) in [5.74, 6) is 1.49. The highest BCUT2D eigenvalue weighted by atomic mass is 16.5. The second kappa shape index (κ2) is 6.26. The van der Waals surface area contributed by atoms with E-state index in [9.17, 15) is 4.79 Å². The summed E-state index contributed by atoms with van der Waals surface area (Å²) in [6, 6.07) is 7.96. The van der Waals surface area contributed by atoms with Crippen molar-refractivity contribution in [1.82, 2.24) is 25.5 Å². The van der Waals surface area contributed by atoms with Crippen molar-refractivity contribution in [3.8, 4) is 17.3 Å². The molecule has 27 heavy (non-hydrogen) atoms. The van der Waals surface area contributed by atoms with E-state index in [1.807, 2.05) is 18.2 Å². The molecule has 2 aliphatic rings. The number of methoxy groups -OCH3 is 1. The number of carbonyl (C=O) groups is 1. The lowest BCUT2D eigenvalue weighted by molar-refractivity contribution is 0.0950. The first-order valence-corrected chi connectivity index (χ1v) is 9.31. The minimum absolute atomic E-state index is 0.115. The Morgan fingerprint density at radius 3 is 2.93 bits per heavy atom. The highest BCUT2D eigenvalue weighted by Gasteiger charge is 2.29. The van der Waals surface area contributed by atoms with Crippen LogP contribution in [0.4, 0.5) is 0 Å². The molecule has 0 fully saturated rings. The fourth-order valence-corrected chi connectivity index (χ4v) is 4.21. The third-order valence-electron chi connectivity index (χ3n) is 5.56. The topological polar surface area (TPSA) is 95.7 Å².